The van der Waals surface area contributed by atoms with Gasteiger partial charge in [-0.15, -0.1) is 0 Å². The van der Waals surface area contributed by atoms with Gasteiger partial charge in [0.2, 0.25) is 0 Å². The molecule has 1 saturated heterocycles. The van der Waals surface area contributed by atoms with Gasteiger partial charge in [0.05, 0.1) is 11.6 Å². The number of aliphatic hydroxyl groups excluding tert-OH is 1. The van der Waals surface area contributed by atoms with Crippen LogP contribution >= 0.6 is 0 Å². The molecule has 1 aromatic carbocycles. The van der Waals surface area contributed by atoms with E-state index < -0.39 is 0 Å². The summed E-state index contributed by atoms with van der Waals surface area (Å²) in [5, 5.41) is 17.6. The van der Waals surface area contributed by atoms with Crippen LogP contribution in [0.5, 0.6) is 0 Å². The Morgan fingerprint density at radius 2 is 2.26 bits per heavy atom. The highest BCUT2D eigenvalue weighted by atomic mass is 16.3. The molecule has 5 heteroatoms. The second-order valence-corrected chi connectivity index (χ2v) is 5.20. The number of fused-ring (bicyclic) bond motifs is 1. The number of aromatic amines is 1. The Morgan fingerprint density at radius 1 is 1.47 bits per heavy atom. The Hall–Kier alpha value is -1.88. The molecule has 19 heavy (non-hydrogen) atoms. The van der Waals surface area contributed by atoms with Crippen LogP contribution in [0, 0.1) is 5.92 Å². The number of amides is 1. The number of nitrogens with one attached hydrogen (secondary N) is 1. The van der Waals surface area contributed by atoms with Crippen LogP contribution in [-0.4, -0.2) is 45.3 Å². The van der Waals surface area contributed by atoms with Crippen molar-refractivity contribution in [2.45, 2.75) is 19.4 Å². The van der Waals surface area contributed by atoms with Crippen LogP contribution in [0.3, 0.4) is 0 Å². The summed E-state index contributed by atoms with van der Waals surface area (Å²) >= 11 is 0. The first-order valence-corrected chi connectivity index (χ1v) is 6.57. The molecule has 5 nitrogen and oxygen atoms in total. The minimum atomic E-state index is -0.306. The summed E-state index contributed by atoms with van der Waals surface area (Å²) in [5.41, 5.74) is 1.34. The van der Waals surface area contributed by atoms with Crippen molar-refractivity contribution in [2.75, 3.05) is 13.1 Å². The van der Waals surface area contributed by atoms with Crippen LogP contribution in [0.1, 0.15) is 23.8 Å². The van der Waals surface area contributed by atoms with Gasteiger partial charge >= 0.3 is 0 Å². The van der Waals surface area contributed by atoms with Gasteiger partial charge in [-0.2, -0.15) is 5.10 Å². The molecule has 2 N–H and O–H groups in total. The number of nitrogens with zero attached hydrogens (tertiary/aromatic N) is 2. The zero-order chi connectivity index (χ0) is 13.4. The number of benzene rings is 1. The molecule has 0 aliphatic carbocycles. The normalized spacial score (nSPS) is 23.8. The number of aliphatic hydroxyl groups is 1. The van der Waals surface area contributed by atoms with E-state index in [2.05, 4.69) is 10.2 Å². The first-order valence-electron chi connectivity index (χ1n) is 6.57. The minimum Gasteiger partial charge on any atom is -0.393 e. The van der Waals surface area contributed by atoms with E-state index in [1.54, 1.807) is 4.90 Å². The fourth-order valence-corrected chi connectivity index (χ4v) is 2.59. The topological polar surface area (TPSA) is 69.2 Å². The lowest BCUT2D eigenvalue weighted by molar-refractivity contribution is 0.0295. The number of likely N-dealkylation sites (tertiary alicyclic amines) is 1. The molecule has 1 amide bonds. The zero-order valence-corrected chi connectivity index (χ0v) is 10.8. The number of carbonyl (C=O) groups is 1. The van der Waals surface area contributed by atoms with Gasteiger partial charge in [0.25, 0.3) is 5.91 Å². The molecular formula is C14H17N3O2. The molecule has 2 aromatic rings. The Morgan fingerprint density at radius 3 is 3.05 bits per heavy atom. The molecule has 2 unspecified atom stereocenters. The fourth-order valence-electron chi connectivity index (χ4n) is 2.59. The molecule has 0 saturated carbocycles. The SMILES string of the molecule is CC1CN(C(=O)c2n[nH]c3ccccc23)CCC1O. The van der Waals surface area contributed by atoms with Gasteiger partial charge in [-0.1, -0.05) is 25.1 Å². The first kappa shape index (κ1) is 12.2. The second-order valence-electron chi connectivity index (χ2n) is 5.20. The molecular weight excluding hydrogens is 242 g/mol. The predicted molar refractivity (Wildman–Crippen MR) is 71.8 cm³/mol. The average molecular weight is 259 g/mol. The van der Waals surface area contributed by atoms with Crippen molar-refractivity contribution in [1.29, 1.82) is 0 Å². The summed E-state index contributed by atoms with van der Waals surface area (Å²) in [6, 6.07) is 7.61. The van der Waals surface area contributed by atoms with Gasteiger partial charge in [-0.25, -0.2) is 0 Å². The van der Waals surface area contributed by atoms with Crippen molar-refractivity contribution in [3.8, 4) is 0 Å². The monoisotopic (exact) mass is 259 g/mol. The predicted octanol–water partition coefficient (Wildman–Crippen LogP) is 1.41. The van der Waals surface area contributed by atoms with Gasteiger partial charge in [0.1, 0.15) is 0 Å². The molecule has 1 aromatic heterocycles. The van der Waals surface area contributed by atoms with Crippen LogP contribution in [0.25, 0.3) is 10.9 Å². The van der Waals surface area contributed by atoms with Crippen molar-refractivity contribution in [3.05, 3.63) is 30.0 Å². The average Bonchev–Trinajstić information content (AvgIpc) is 2.85. The van der Waals surface area contributed by atoms with E-state index in [1.165, 1.54) is 0 Å². The Labute approximate surface area is 111 Å². The lowest BCUT2D eigenvalue weighted by atomic mass is 9.96. The number of para-hydroxylation sites is 1. The van der Waals surface area contributed by atoms with Gasteiger partial charge in [-0.3, -0.25) is 9.89 Å². The molecule has 1 aliphatic rings. The molecule has 100 valence electrons. The van der Waals surface area contributed by atoms with Gasteiger partial charge in [0.15, 0.2) is 5.69 Å². The number of carbonyl (C=O) groups excluding carboxylic acids is 1. The van der Waals surface area contributed by atoms with Gasteiger partial charge < -0.3 is 10.0 Å². The van der Waals surface area contributed by atoms with Crippen LogP contribution in [0.4, 0.5) is 0 Å². The van der Waals surface area contributed by atoms with E-state index in [-0.39, 0.29) is 17.9 Å². The molecule has 0 radical (unpaired) electrons. The number of rotatable bonds is 1. The lowest BCUT2D eigenvalue weighted by Crippen LogP contribution is -2.45. The van der Waals surface area contributed by atoms with Gasteiger partial charge in [0, 0.05) is 18.5 Å². The maximum absolute atomic E-state index is 12.5. The van der Waals surface area contributed by atoms with Crippen molar-refractivity contribution in [2.24, 2.45) is 5.92 Å². The molecule has 0 bridgehead atoms. The molecule has 1 aliphatic heterocycles. The molecule has 3 rings (SSSR count). The van der Waals surface area contributed by atoms with Crippen LogP contribution < -0.4 is 0 Å². The smallest absolute Gasteiger partial charge is 0.275 e. The molecule has 2 atom stereocenters. The summed E-state index contributed by atoms with van der Waals surface area (Å²) in [7, 11) is 0. The third kappa shape index (κ3) is 2.10. The first-order chi connectivity index (χ1) is 9.16. The highest BCUT2D eigenvalue weighted by molar-refractivity contribution is 6.04. The summed E-state index contributed by atoms with van der Waals surface area (Å²) in [5.74, 6) is 0.0547. The maximum Gasteiger partial charge on any atom is 0.275 e. The fraction of sp³-hybridized carbons (Fsp3) is 0.429. The lowest BCUT2D eigenvalue weighted by Gasteiger charge is -2.34. The van der Waals surface area contributed by atoms with Crippen molar-refractivity contribution < 1.29 is 9.90 Å². The van der Waals surface area contributed by atoms with E-state index in [9.17, 15) is 9.90 Å². The minimum absolute atomic E-state index is 0.0591. The third-order valence-corrected chi connectivity index (χ3v) is 3.82. The van der Waals surface area contributed by atoms with E-state index >= 15 is 0 Å². The van der Waals surface area contributed by atoms with E-state index in [0.717, 1.165) is 10.9 Å². The van der Waals surface area contributed by atoms with Crippen LogP contribution in [0.2, 0.25) is 0 Å². The van der Waals surface area contributed by atoms with Gasteiger partial charge in [-0.05, 0) is 18.4 Å². The van der Waals surface area contributed by atoms with Crippen molar-refractivity contribution >= 4 is 16.8 Å². The largest absolute Gasteiger partial charge is 0.393 e. The number of H-pyrrole nitrogens is 1. The van der Waals surface area contributed by atoms with E-state index in [1.807, 2.05) is 31.2 Å². The molecule has 0 spiro atoms. The zero-order valence-electron chi connectivity index (χ0n) is 10.8. The van der Waals surface area contributed by atoms with Crippen LogP contribution in [-0.2, 0) is 0 Å². The number of hydrogen-bond donors (Lipinski definition) is 2. The number of hydrogen-bond acceptors (Lipinski definition) is 3. The highest BCUT2D eigenvalue weighted by Gasteiger charge is 2.29. The third-order valence-electron chi connectivity index (χ3n) is 3.82. The Bertz CT molecular complexity index is 608. The maximum atomic E-state index is 12.5. The summed E-state index contributed by atoms with van der Waals surface area (Å²) in [6.45, 7) is 3.14. The van der Waals surface area contributed by atoms with Crippen molar-refractivity contribution in [1.82, 2.24) is 15.1 Å². The summed E-state index contributed by atoms with van der Waals surface area (Å²) in [6.07, 6.45) is 0.329. The Kier molecular flexibility index (Phi) is 2.98. The molecule has 1 fully saturated rings. The van der Waals surface area contributed by atoms with Crippen LogP contribution in [0.15, 0.2) is 24.3 Å². The quantitative estimate of drug-likeness (QED) is 0.813. The summed E-state index contributed by atoms with van der Waals surface area (Å²) in [4.78, 5) is 14.3. The van der Waals surface area contributed by atoms with E-state index in [0.29, 0.717) is 25.2 Å². The van der Waals surface area contributed by atoms with E-state index in [4.69, 9.17) is 0 Å². The molecule has 2 heterocycles. The second kappa shape index (κ2) is 4.66. The standard InChI is InChI=1S/C14H17N3O2/c1-9-8-17(7-6-12(9)18)14(19)13-10-4-2-3-5-11(10)15-16-13/h2-5,9,12,18H,6-8H2,1H3,(H,15,16). The number of piperidine rings is 1. The summed E-state index contributed by atoms with van der Waals surface area (Å²) < 4.78 is 0. The van der Waals surface area contributed by atoms with Crippen molar-refractivity contribution in [3.63, 3.8) is 0 Å². The Balaban J connectivity index is 1.88. The highest BCUT2D eigenvalue weighted by Crippen LogP contribution is 2.21. The number of aromatic nitrogens is 2.